The SMILES string of the molecule is COCCN1CC2N(C(=O)CN(C)N2C(=O)NCc2ccc(F)cc2)[C@@H](CCSC)C1=O. The second-order valence-electron chi connectivity index (χ2n) is 7.80. The van der Waals surface area contributed by atoms with E-state index in [2.05, 4.69) is 5.32 Å². The number of hydrazine groups is 1. The third-order valence-electron chi connectivity index (χ3n) is 5.67. The van der Waals surface area contributed by atoms with E-state index in [1.807, 2.05) is 6.26 Å². The average Bonchev–Trinajstić information content (AvgIpc) is 2.77. The minimum Gasteiger partial charge on any atom is -0.383 e. The van der Waals surface area contributed by atoms with E-state index >= 15 is 0 Å². The first-order valence-corrected chi connectivity index (χ1v) is 11.9. The van der Waals surface area contributed by atoms with E-state index in [4.69, 9.17) is 4.74 Å². The zero-order chi connectivity index (χ0) is 23.3. The van der Waals surface area contributed by atoms with E-state index in [1.54, 1.807) is 52.9 Å². The van der Waals surface area contributed by atoms with E-state index in [1.165, 1.54) is 17.1 Å². The maximum absolute atomic E-state index is 13.2. The summed E-state index contributed by atoms with van der Waals surface area (Å²) in [5.74, 6) is 0.0876. The molecule has 0 radical (unpaired) electrons. The summed E-state index contributed by atoms with van der Waals surface area (Å²) in [5, 5.41) is 5.93. The third kappa shape index (κ3) is 5.33. The van der Waals surface area contributed by atoms with Crippen LogP contribution < -0.4 is 5.32 Å². The number of methoxy groups -OCH3 is 1. The molecule has 2 aliphatic rings. The Morgan fingerprint density at radius 2 is 2.00 bits per heavy atom. The molecule has 0 aliphatic carbocycles. The molecule has 1 unspecified atom stereocenters. The molecule has 0 bridgehead atoms. The van der Waals surface area contributed by atoms with Gasteiger partial charge in [0.25, 0.3) is 0 Å². The molecule has 9 nitrogen and oxygen atoms in total. The lowest BCUT2D eigenvalue weighted by Crippen LogP contribution is -2.76. The molecule has 1 aromatic carbocycles. The molecule has 2 aliphatic heterocycles. The van der Waals surface area contributed by atoms with E-state index in [0.717, 1.165) is 11.3 Å². The predicted molar refractivity (Wildman–Crippen MR) is 119 cm³/mol. The van der Waals surface area contributed by atoms with Crippen LogP contribution in [0.3, 0.4) is 0 Å². The fourth-order valence-electron chi connectivity index (χ4n) is 4.08. The number of hydrogen-bond donors (Lipinski definition) is 1. The number of nitrogens with one attached hydrogen (secondary N) is 1. The van der Waals surface area contributed by atoms with Crippen LogP contribution in [0.25, 0.3) is 0 Å². The summed E-state index contributed by atoms with van der Waals surface area (Å²) in [5.41, 5.74) is 0.755. The molecule has 11 heteroatoms. The molecule has 0 spiro atoms. The lowest BCUT2D eigenvalue weighted by atomic mass is 10.0. The first kappa shape index (κ1) is 24.3. The highest BCUT2D eigenvalue weighted by atomic mass is 32.2. The van der Waals surface area contributed by atoms with Crippen molar-refractivity contribution in [3.63, 3.8) is 0 Å². The van der Waals surface area contributed by atoms with Crippen molar-refractivity contribution in [2.75, 3.05) is 52.4 Å². The fourth-order valence-corrected chi connectivity index (χ4v) is 4.53. The Morgan fingerprint density at radius 3 is 2.66 bits per heavy atom. The number of halogens is 1. The Morgan fingerprint density at radius 1 is 1.28 bits per heavy atom. The number of rotatable bonds is 8. The number of amides is 4. The minimum absolute atomic E-state index is 0.00157. The number of thioether (sulfide) groups is 1. The second-order valence-corrected chi connectivity index (χ2v) is 8.79. The highest BCUT2D eigenvalue weighted by Crippen LogP contribution is 2.27. The summed E-state index contributed by atoms with van der Waals surface area (Å²) in [6, 6.07) is 4.89. The summed E-state index contributed by atoms with van der Waals surface area (Å²) >= 11 is 1.61. The molecule has 2 saturated heterocycles. The summed E-state index contributed by atoms with van der Waals surface area (Å²) in [6.07, 6.45) is 1.85. The predicted octanol–water partition coefficient (Wildman–Crippen LogP) is 0.963. The Bertz CT molecular complexity index is 827. The van der Waals surface area contributed by atoms with Gasteiger partial charge in [0, 0.05) is 27.2 Å². The van der Waals surface area contributed by atoms with Crippen molar-refractivity contribution >= 4 is 29.6 Å². The number of hydrogen-bond acceptors (Lipinski definition) is 6. The number of likely N-dealkylation sites (N-methyl/N-ethyl adjacent to an activating group) is 1. The molecular weight excluding hydrogens is 437 g/mol. The van der Waals surface area contributed by atoms with Crippen LogP contribution in [0.5, 0.6) is 0 Å². The van der Waals surface area contributed by atoms with Crippen LogP contribution >= 0.6 is 11.8 Å². The van der Waals surface area contributed by atoms with Crippen LogP contribution in [0.4, 0.5) is 9.18 Å². The van der Waals surface area contributed by atoms with Gasteiger partial charge in [0.15, 0.2) is 0 Å². The van der Waals surface area contributed by atoms with Gasteiger partial charge in [-0.1, -0.05) is 12.1 Å². The number of fused-ring (bicyclic) bond motifs is 1. The summed E-state index contributed by atoms with van der Waals surface area (Å²) < 4.78 is 18.3. The number of nitrogens with zero attached hydrogens (tertiary/aromatic N) is 4. The van der Waals surface area contributed by atoms with Crippen LogP contribution in [0.1, 0.15) is 12.0 Å². The van der Waals surface area contributed by atoms with Crippen LogP contribution in [0, 0.1) is 5.82 Å². The third-order valence-corrected chi connectivity index (χ3v) is 6.31. The van der Waals surface area contributed by atoms with Crippen molar-refractivity contribution in [1.82, 2.24) is 25.1 Å². The maximum Gasteiger partial charge on any atom is 0.334 e. The molecule has 2 fully saturated rings. The van der Waals surface area contributed by atoms with Gasteiger partial charge in [-0.05, 0) is 36.1 Å². The van der Waals surface area contributed by atoms with Gasteiger partial charge in [0.1, 0.15) is 18.0 Å². The molecule has 4 amide bonds. The van der Waals surface area contributed by atoms with Crippen molar-refractivity contribution in [1.29, 1.82) is 0 Å². The highest BCUT2D eigenvalue weighted by Gasteiger charge is 2.50. The smallest absolute Gasteiger partial charge is 0.334 e. The Labute approximate surface area is 191 Å². The van der Waals surface area contributed by atoms with Gasteiger partial charge in [-0.2, -0.15) is 11.8 Å². The number of carbonyl (C=O) groups excluding carboxylic acids is 3. The maximum atomic E-state index is 13.2. The molecule has 3 rings (SSSR count). The zero-order valence-electron chi connectivity index (χ0n) is 18.6. The largest absolute Gasteiger partial charge is 0.383 e. The van der Waals surface area contributed by atoms with Gasteiger partial charge in [-0.25, -0.2) is 19.2 Å². The van der Waals surface area contributed by atoms with Crippen molar-refractivity contribution < 1.29 is 23.5 Å². The molecule has 2 atom stereocenters. The first-order chi connectivity index (χ1) is 15.4. The van der Waals surface area contributed by atoms with Crippen molar-refractivity contribution in [2.45, 2.75) is 25.2 Å². The minimum atomic E-state index is -0.619. The highest BCUT2D eigenvalue weighted by molar-refractivity contribution is 7.98. The van der Waals surface area contributed by atoms with Gasteiger partial charge >= 0.3 is 6.03 Å². The second kappa shape index (κ2) is 11.0. The van der Waals surface area contributed by atoms with E-state index < -0.39 is 12.2 Å². The van der Waals surface area contributed by atoms with Crippen molar-refractivity contribution in [3.8, 4) is 0 Å². The van der Waals surface area contributed by atoms with Crippen LogP contribution in [-0.2, 0) is 20.9 Å². The number of ether oxygens (including phenoxy) is 1. The average molecular weight is 468 g/mol. The standard InChI is InChI=1S/C21H30FN5O4S/c1-24-14-19(28)26-17(8-11-32-3)20(29)25(9-10-31-2)13-18(26)27(24)21(30)23-12-15-4-6-16(22)7-5-15/h4-7,17-18H,8-14H2,1-3H3,(H,23,30)/t17-,18?/m0/s1. The first-order valence-electron chi connectivity index (χ1n) is 10.5. The van der Waals surface area contributed by atoms with Gasteiger partial charge in [-0.3, -0.25) is 9.59 Å². The van der Waals surface area contributed by atoms with Crippen LogP contribution in [0.15, 0.2) is 24.3 Å². The Balaban J connectivity index is 1.81. The lowest BCUT2D eigenvalue weighted by molar-refractivity contribution is -0.187. The molecular formula is C21H30FN5O4S. The van der Waals surface area contributed by atoms with Crippen molar-refractivity contribution in [3.05, 3.63) is 35.6 Å². The summed E-state index contributed by atoms with van der Waals surface area (Å²) in [7, 11) is 3.25. The number of carbonyl (C=O) groups is 3. The topological polar surface area (TPSA) is 85.4 Å². The van der Waals surface area contributed by atoms with Gasteiger partial charge in [0.05, 0.1) is 19.7 Å². The molecule has 0 saturated carbocycles. The molecule has 1 aromatic rings. The van der Waals surface area contributed by atoms with E-state index in [0.29, 0.717) is 19.6 Å². The van der Waals surface area contributed by atoms with Gasteiger partial charge < -0.3 is 19.9 Å². The van der Waals surface area contributed by atoms with Gasteiger partial charge in [0.2, 0.25) is 11.8 Å². The quantitative estimate of drug-likeness (QED) is 0.613. The normalized spacial score (nSPS) is 21.7. The summed E-state index contributed by atoms with van der Waals surface area (Å²) in [6.45, 7) is 1.18. The summed E-state index contributed by atoms with van der Waals surface area (Å²) in [4.78, 5) is 42.5. The fraction of sp³-hybridized carbons (Fsp3) is 0.571. The zero-order valence-corrected chi connectivity index (χ0v) is 19.4. The van der Waals surface area contributed by atoms with Crippen molar-refractivity contribution in [2.24, 2.45) is 0 Å². The molecule has 2 heterocycles. The van der Waals surface area contributed by atoms with E-state index in [9.17, 15) is 18.8 Å². The van der Waals surface area contributed by atoms with Gasteiger partial charge in [-0.15, -0.1) is 0 Å². The molecule has 176 valence electrons. The Kier molecular flexibility index (Phi) is 8.32. The monoisotopic (exact) mass is 467 g/mol. The number of piperazine rings is 1. The molecule has 0 aromatic heterocycles. The van der Waals surface area contributed by atoms with Crippen LogP contribution in [-0.4, -0.2) is 102 Å². The molecule has 32 heavy (non-hydrogen) atoms. The lowest BCUT2D eigenvalue weighted by Gasteiger charge is -2.54. The number of benzene rings is 1. The molecule has 1 N–H and O–H groups in total. The van der Waals surface area contributed by atoms with E-state index in [-0.39, 0.29) is 43.3 Å². The van der Waals surface area contributed by atoms with Crippen LogP contribution in [0.2, 0.25) is 0 Å². The Hall–Kier alpha value is -2.37. The number of urea groups is 1.